The van der Waals surface area contributed by atoms with E-state index >= 15 is 0 Å². The number of nitrogens with two attached hydrogens (primary N) is 1. The molecule has 0 saturated carbocycles. The lowest BCUT2D eigenvalue weighted by Crippen LogP contribution is -2.35. The van der Waals surface area contributed by atoms with Crippen molar-refractivity contribution in [1.82, 2.24) is 10.6 Å². The van der Waals surface area contributed by atoms with Gasteiger partial charge in [-0.05, 0) is 48.9 Å². The van der Waals surface area contributed by atoms with E-state index in [1.54, 1.807) is 53.4 Å². The molecule has 8 nitrogen and oxygen atoms in total. The second kappa shape index (κ2) is 23.9. The number of hydrogen-bond donors (Lipinski definition) is 3. The lowest BCUT2D eigenvalue weighted by atomic mass is 10.1. The van der Waals surface area contributed by atoms with Gasteiger partial charge in [0.25, 0.3) is 0 Å². The molecule has 0 heterocycles. The largest absolute Gasteiger partial charge is 0.491 e. The highest BCUT2D eigenvalue weighted by molar-refractivity contribution is 14.1. The Bertz CT molecular complexity index is 880. The Morgan fingerprint density at radius 3 is 2.31 bits per heavy atom. The molecular formula is C26H38IN5O3S. The Kier molecular flexibility index (Phi) is 23.4. The Morgan fingerprint density at radius 2 is 1.81 bits per heavy atom. The maximum atomic E-state index is 12.4. The summed E-state index contributed by atoms with van der Waals surface area (Å²) in [6.07, 6.45) is 13.7. The Hall–Kier alpha value is -2.83. The van der Waals surface area contributed by atoms with Crippen LogP contribution in [0.1, 0.15) is 20.3 Å². The second-order valence-electron chi connectivity index (χ2n) is 6.91. The molecule has 198 valence electrons. The van der Waals surface area contributed by atoms with E-state index in [4.69, 9.17) is 9.47 Å². The van der Waals surface area contributed by atoms with Gasteiger partial charge < -0.3 is 20.1 Å². The van der Waals surface area contributed by atoms with Gasteiger partial charge in [0.05, 0.1) is 31.0 Å². The van der Waals surface area contributed by atoms with Crippen molar-refractivity contribution in [2.24, 2.45) is 19.8 Å². The summed E-state index contributed by atoms with van der Waals surface area (Å²) in [4.78, 5) is 21.1. The highest BCUT2D eigenvalue weighted by atomic mass is 127. The van der Waals surface area contributed by atoms with Gasteiger partial charge in [0.2, 0.25) is 0 Å². The highest BCUT2D eigenvalue weighted by Crippen LogP contribution is 2.23. The highest BCUT2D eigenvalue weighted by Gasteiger charge is 2.09. The van der Waals surface area contributed by atoms with Gasteiger partial charge in [0.15, 0.2) is 6.40 Å². The number of allylic oxidation sites excluding steroid dienone is 7. The fourth-order valence-corrected chi connectivity index (χ4v) is 2.99. The summed E-state index contributed by atoms with van der Waals surface area (Å²) in [5.74, 6) is 1.23. The molecule has 10 heteroatoms. The van der Waals surface area contributed by atoms with Crippen LogP contribution < -0.4 is 14.6 Å². The number of urea groups is 1. The number of nitrogens with zero attached hydrogens (tertiary/aromatic N) is 2. The SMILES string of the molecule is C=C\C(N=C)=C(/C=C/C(C=C)=C/N=COC)SCNC(=O)N/C(C=C)=C(/C=C)OCCC(C)C.NI. The molecule has 0 aliphatic rings. The van der Waals surface area contributed by atoms with E-state index in [2.05, 4.69) is 71.4 Å². The molecule has 0 aromatic rings. The average molecular weight is 628 g/mol. The van der Waals surface area contributed by atoms with Crippen molar-refractivity contribution >= 4 is 53.8 Å². The standard InChI is InChI=1S/C26H36N4O3S.H2IN/c1-9-21(17-28-18-32-8)13-14-25(23(11-3)27-7)34-19-29-26(31)30-22(10-2)24(12-4)33-16-15-20(5)6;1-2/h9-14,17-18,20H,1-4,7,15-16,19H2,5-6,8H3,(H2,29,30,31);2H2/b14-13+,21-17+,24-22-,25-23-,28-18?;. The summed E-state index contributed by atoms with van der Waals surface area (Å²) < 4.78 is 15.0. The number of carbonyl (C=O) groups excluding carboxylic acids is 1. The van der Waals surface area contributed by atoms with Crippen LogP contribution in [0.4, 0.5) is 4.79 Å². The van der Waals surface area contributed by atoms with Crippen molar-refractivity contribution in [2.45, 2.75) is 20.3 Å². The van der Waals surface area contributed by atoms with Gasteiger partial charge >= 0.3 is 6.03 Å². The van der Waals surface area contributed by atoms with Crippen LogP contribution in [0.15, 0.2) is 107 Å². The first kappa shape index (κ1) is 35.3. The van der Waals surface area contributed by atoms with Crippen molar-refractivity contribution in [3.8, 4) is 0 Å². The topological polar surface area (TPSA) is 110 Å². The van der Waals surface area contributed by atoms with Gasteiger partial charge in [-0.2, -0.15) is 0 Å². The number of rotatable bonds is 17. The van der Waals surface area contributed by atoms with E-state index in [0.29, 0.717) is 29.7 Å². The molecule has 0 atom stereocenters. The monoisotopic (exact) mass is 627 g/mol. The lowest BCUT2D eigenvalue weighted by Gasteiger charge is -2.14. The van der Waals surface area contributed by atoms with E-state index in [0.717, 1.165) is 16.9 Å². The van der Waals surface area contributed by atoms with Gasteiger partial charge in [-0.25, -0.2) is 9.79 Å². The fourth-order valence-electron chi connectivity index (χ4n) is 2.17. The molecule has 0 unspecified atom stereocenters. The molecule has 0 spiro atoms. The van der Waals surface area contributed by atoms with Gasteiger partial charge in [0, 0.05) is 34.0 Å². The summed E-state index contributed by atoms with van der Waals surface area (Å²) in [5.41, 5.74) is 1.76. The second-order valence-corrected chi connectivity index (χ2v) is 7.92. The van der Waals surface area contributed by atoms with Crippen LogP contribution in [0.25, 0.3) is 0 Å². The van der Waals surface area contributed by atoms with Crippen LogP contribution in [-0.4, -0.2) is 38.7 Å². The number of thioether (sulfide) groups is 1. The Balaban J connectivity index is 0. The van der Waals surface area contributed by atoms with E-state index in [1.165, 1.54) is 31.3 Å². The molecule has 36 heavy (non-hydrogen) atoms. The maximum Gasteiger partial charge on any atom is 0.320 e. The maximum absolute atomic E-state index is 12.4. The molecule has 0 rings (SSSR count). The van der Waals surface area contributed by atoms with Gasteiger partial charge in [-0.3, -0.25) is 8.94 Å². The smallest absolute Gasteiger partial charge is 0.320 e. The number of methoxy groups -OCH3 is 1. The molecule has 0 aliphatic heterocycles. The normalized spacial score (nSPS) is 12.6. The van der Waals surface area contributed by atoms with Crippen LogP contribution >= 0.6 is 34.6 Å². The number of halogens is 1. The third-order valence-corrected chi connectivity index (χ3v) is 4.93. The van der Waals surface area contributed by atoms with E-state index in [9.17, 15) is 4.79 Å². The summed E-state index contributed by atoms with van der Waals surface area (Å²) in [6.45, 7) is 23.3. The minimum Gasteiger partial charge on any atom is -0.491 e. The summed E-state index contributed by atoms with van der Waals surface area (Å²) in [6, 6.07) is -0.412. The van der Waals surface area contributed by atoms with Crippen molar-refractivity contribution in [2.75, 3.05) is 19.6 Å². The summed E-state index contributed by atoms with van der Waals surface area (Å²) >= 11 is 3.00. The van der Waals surface area contributed by atoms with Gasteiger partial charge in [0.1, 0.15) is 5.76 Å². The number of carbonyl (C=O) groups is 1. The zero-order chi connectivity index (χ0) is 27.8. The van der Waals surface area contributed by atoms with Crippen molar-refractivity contribution in [1.29, 1.82) is 0 Å². The van der Waals surface area contributed by atoms with Crippen molar-refractivity contribution in [3.63, 3.8) is 0 Å². The number of nitrogens with one attached hydrogen (secondary N) is 2. The molecule has 0 fully saturated rings. The van der Waals surface area contributed by atoms with Crippen LogP contribution in [0.3, 0.4) is 0 Å². The van der Waals surface area contributed by atoms with Crippen LogP contribution in [0, 0.1) is 5.92 Å². The van der Waals surface area contributed by atoms with Gasteiger partial charge in [-0.1, -0.05) is 52.3 Å². The van der Waals surface area contributed by atoms with Crippen LogP contribution in [0.5, 0.6) is 0 Å². The molecule has 0 saturated heterocycles. The van der Waals surface area contributed by atoms with Crippen molar-refractivity contribution < 1.29 is 14.3 Å². The molecular weight excluding hydrogens is 589 g/mol. The predicted octanol–water partition coefficient (Wildman–Crippen LogP) is 6.32. The lowest BCUT2D eigenvalue weighted by molar-refractivity contribution is 0.202. The van der Waals surface area contributed by atoms with Crippen molar-refractivity contribution in [3.05, 3.63) is 96.6 Å². The average Bonchev–Trinajstić information content (AvgIpc) is 2.88. The van der Waals surface area contributed by atoms with E-state index < -0.39 is 6.03 Å². The number of hydrogen-bond acceptors (Lipinski definition) is 7. The quantitative estimate of drug-likeness (QED) is 0.0333. The number of ether oxygens (including phenoxy) is 2. The summed E-state index contributed by atoms with van der Waals surface area (Å²) in [5, 5.41) is 5.52. The first-order chi connectivity index (χ1) is 17.4. The summed E-state index contributed by atoms with van der Waals surface area (Å²) in [7, 11) is 1.51. The van der Waals surface area contributed by atoms with Gasteiger partial charge in [-0.15, -0.1) is 11.8 Å². The predicted molar refractivity (Wildman–Crippen MR) is 165 cm³/mol. The zero-order valence-corrected chi connectivity index (χ0v) is 24.3. The van der Waals surface area contributed by atoms with E-state index in [1.807, 2.05) is 6.08 Å². The minimum absolute atomic E-state index is 0.259. The molecule has 0 aromatic carbocycles. The molecule has 0 aliphatic carbocycles. The van der Waals surface area contributed by atoms with Crippen LogP contribution in [0.2, 0.25) is 0 Å². The number of amides is 2. The zero-order valence-electron chi connectivity index (χ0n) is 21.3. The Labute approximate surface area is 234 Å². The fraction of sp³-hybridized carbons (Fsp3) is 0.269. The third kappa shape index (κ3) is 16.7. The molecule has 0 radical (unpaired) electrons. The van der Waals surface area contributed by atoms with Crippen LogP contribution in [-0.2, 0) is 9.47 Å². The molecule has 2 amide bonds. The number of aliphatic imine (C=N–C) groups is 2. The molecule has 0 aromatic heterocycles. The van der Waals surface area contributed by atoms with E-state index in [-0.39, 0.29) is 5.88 Å². The third-order valence-electron chi connectivity index (χ3n) is 3.99. The first-order valence-corrected chi connectivity index (χ1v) is 13.0. The molecule has 0 bridgehead atoms. The first-order valence-electron chi connectivity index (χ1n) is 10.8. The molecule has 4 N–H and O–H groups in total. The Morgan fingerprint density at radius 1 is 1.11 bits per heavy atom. The minimum atomic E-state index is -0.412.